The van der Waals surface area contributed by atoms with Crippen molar-refractivity contribution >= 4 is 17.7 Å². The number of hydrogen-bond donors (Lipinski definition) is 2. The highest BCUT2D eigenvalue weighted by molar-refractivity contribution is 5.91. The van der Waals surface area contributed by atoms with Crippen molar-refractivity contribution in [2.45, 2.75) is 45.1 Å². The molecule has 1 aliphatic carbocycles. The van der Waals surface area contributed by atoms with Gasteiger partial charge in [0, 0.05) is 17.8 Å². The summed E-state index contributed by atoms with van der Waals surface area (Å²) in [5.74, 6) is 0.623. The number of anilines is 1. The zero-order chi connectivity index (χ0) is 14.4. The predicted molar refractivity (Wildman–Crippen MR) is 84.1 cm³/mol. The van der Waals surface area contributed by atoms with Gasteiger partial charge in [0.15, 0.2) is 0 Å². The van der Waals surface area contributed by atoms with Gasteiger partial charge in [0.2, 0.25) is 5.91 Å². The van der Waals surface area contributed by atoms with Gasteiger partial charge in [-0.05, 0) is 49.5 Å². The van der Waals surface area contributed by atoms with E-state index in [0.717, 1.165) is 11.3 Å². The van der Waals surface area contributed by atoms with Crippen molar-refractivity contribution in [2.24, 2.45) is 5.92 Å². The van der Waals surface area contributed by atoms with Gasteiger partial charge in [0.05, 0.1) is 0 Å². The molecule has 1 amide bonds. The zero-order valence-corrected chi connectivity index (χ0v) is 12.1. The maximum absolute atomic E-state index is 11.9. The van der Waals surface area contributed by atoms with Crippen LogP contribution in [0.1, 0.15) is 44.6 Å². The summed E-state index contributed by atoms with van der Waals surface area (Å²) in [6.07, 6.45) is 9.84. The third-order valence-electron chi connectivity index (χ3n) is 4.09. The first-order valence-corrected chi connectivity index (χ1v) is 7.49. The molecule has 0 radical (unpaired) electrons. The minimum absolute atomic E-state index is 0.0140. The van der Waals surface area contributed by atoms with E-state index in [2.05, 4.69) is 12.2 Å². The molecule has 20 heavy (non-hydrogen) atoms. The Morgan fingerprint density at radius 3 is 2.55 bits per heavy atom. The van der Waals surface area contributed by atoms with E-state index >= 15 is 0 Å². The Balaban J connectivity index is 1.83. The lowest BCUT2D eigenvalue weighted by atomic mass is 9.84. The highest BCUT2D eigenvalue weighted by Gasteiger charge is 2.20. The first kappa shape index (κ1) is 14.6. The molecule has 0 saturated heterocycles. The van der Waals surface area contributed by atoms with Crippen LogP contribution in [0, 0.1) is 5.92 Å². The number of nitrogens with one attached hydrogen (secondary N) is 1. The van der Waals surface area contributed by atoms with Crippen molar-refractivity contribution in [1.29, 1.82) is 0 Å². The summed E-state index contributed by atoms with van der Waals surface area (Å²) in [5, 5.41) is 3.08. The second kappa shape index (κ2) is 7.13. The molecule has 3 N–H and O–H groups in total. The SMILES string of the molecule is CC(NC(=O)/C=C/c1ccc(N)cc1)C1CCCCC1. The van der Waals surface area contributed by atoms with Gasteiger partial charge in [-0.2, -0.15) is 0 Å². The molecule has 0 aromatic heterocycles. The van der Waals surface area contributed by atoms with Crippen molar-refractivity contribution < 1.29 is 4.79 Å². The molecule has 1 aromatic rings. The zero-order valence-electron chi connectivity index (χ0n) is 12.1. The summed E-state index contributed by atoms with van der Waals surface area (Å²) in [7, 11) is 0. The van der Waals surface area contributed by atoms with Gasteiger partial charge in [-0.25, -0.2) is 0 Å². The van der Waals surface area contributed by atoms with Gasteiger partial charge < -0.3 is 11.1 Å². The first-order chi connectivity index (χ1) is 9.65. The smallest absolute Gasteiger partial charge is 0.244 e. The molecule has 3 heteroatoms. The van der Waals surface area contributed by atoms with Crippen LogP contribution in [-0.4, -0.2) is 11.9 Å². The minimum atomic E-state index is -0.0140. The van der Waals surface area contributed by atoms with Crippen LogP contribution in [0.3, 0.4) is 0 Å². The lowest BCUT2D eigenvalue weighted by molar-refractivity contribution is -0.117. The monoisotopic (exact) mass is 272 g/mol. The highest BCUT2D eigenvalue weighted by atomic mass is 16.1. The van der Waals surface area contributed by atoms with Gasteiger partial charge in [-0.3, -0.25) is 4.79 Å². The van der Waals surface area contributed by atoms with E-state index in [4.69, 9.17) is 5.73 Å². The summed E-state index contributed by atoms with van der Waals surface area (Å²) in [6.45, 7) is 2.12. The molecule has 0 bridgehead atoms. The lowest BCUT2D eigenvalue weighted by Crippen LogP contribution is -2.37. The van der Waals surface area contributed by atoms with Crippen molar-refractivity contribution in [3.05, 3.63) is 35.9 Å². The molecule has 0 spiro atoms. The van der Waals surface area contributed by atoms with Crippen molar-refractivity contribution in [1.82, 2.24) is 5.32 Å². The number of nitrogens with two attached hydrogens (primary N) is 1. The summed E-state index contributed by atoms with van der Waals surface area (Å²) in [6, 6.07) is 7.75. The first-order valence-electron chi connectivity index (χ1n) is 7.49. The Labute approximate surface area is 121 Å². The second-order valence-corrected chi connectivity index (χ2v) is 5.70. The van der Waals surface area contributed by atoms with Crippen LogP contribution >= 0.6 is 0 Å². The fraction of sp³-hybridized carbons (Fsp3) is 0.471. The van der Waals surface area contributed by atoms with E-state index in [0.29, 0.717) is 5.92 Å². The fourth-order valence-electron chi connectivity index (χ4n) is 2.80. The summed E-state index contributed by atoms with van der Waals surface area (Å²) >= 11 is 0. The fourth-order valence-corrected chi connectivity index (χ4v) is 2.80. The van der Waals surface area contributed by atoms with Gasteiger partial charge in [-0.15, -0.1) is 0 Å². The van der Waals surface area contributed by atoms with Gasteiger partial charge >= 0.3 is 0 Å². The number of hydrogen-bond acceptors (Lipinski definition) is 2. The Hall–Kier alpha value is -1.77. The number of carbonyl (C=O) groups is 1. The van der Waals surface area contributed by atoms with Crippen LogP contribution in [0.25, 0.3) is 6.08 Å². The van der Waals surface area contributed by atoms with Crippen LogP contribution in [-0.2, 0) is 4.79 Å². The van der Waals surface area contributed by atoms with Crippen molar-refractivity contribution in [3.63, 3.8) is 0 Å². The molecule has 1 atom stereocenters. The normalized spacial score (nSPS) is 18.1. The molecule has 108 valence electrons. The van der Waals surface area contributed by atoms with E-state index < -0.39 is 0 Å². The number of amides is 1. The Bertz CT molecular complexity index is 458. The summed E-state index contributed by atoms with van der Waals surface area (Å²) in [4.78, 5) is 11.9. The third-order valence-corrected chi connectivity index (χ3v) is 4.09. The maximum atomic E-state index is 11.9. The number of rotatable bonds is 4. The molecule has 1 saturated carbocycles. The van der Waals surface area contributed by atoms with Crippen LogP contribution in [0.4, 0.5) is 5.69 Å². The van der Waals surface area contributed by atoms with E-state index in [1.807, 2.05) is 30.3 Å². The minimum Gasteiger partial charge on any atom is -0.399 e. The molecule has 1 fully saturated rings. The summed E-state index contributed by atoms with van der Waals surface area (Å²) < 4.78 is 0. The molecule has 0 heterocycles. The number of carbonyl (C=O) groups excluding carboxylic acids is 1. The predicted octanol–water partition coefficient (Wildman–Crippen LogP) is 3.37. The Morgan fingerprint density at radius 1 is 1.25 bits per heavy atom. The molecular formula is C17H24N2O. The average Bonchev–Trinajstić information content (AvgIpc) is 2.47. The van der Waals surface area contributed by atoms with Gasteiger partial charge in [0.1, 0.15) is 0 Å². The van der Waals surface area contributed by atoms with Crippen LogP contribution < -0.4 is 11.1 Å². The van der Waals surface area contributed by atoms with Gasteiger partial charge in [-0.1, -0.05) is 31.4 Å². The third kappa shape index (κ3) is 4.41. The Kier molecular flexibility index (Phi) is 5.22. The van der Waals surface area contributed by atoms with E-state index in [9.17, 15) is 4.79 Å². The number of nitrogen functional groups attached to an aromatic ring is 1. The van der Waals surface area contributed by atoms with E-state index in [1.165, 1.54) is 32.1 Å². The summed E-state index contributed by atoms with van der Waals surface area (Å²) in [5.41, 5.74) is 7.35. The van der Waals surface area contributed by atoms with Crippen LogP contribution in [0.5, 0.6) is 0 Å². The van der Waals surface area contributed by atoms with Crippen molar-refractivity contribution in [3.8, 4) is 0 Å². The number of benzene rings is 1. The van der Waals surface area contributed by atoms with Crippen LogP contribution in [0.15, 0.2) is 30.3 Å². The molecule has 0 aliphatic heterocycles. The average molecular weight is 272 g/mol. The van der Waals surface area contributed by atoms with Gasteiger partial charge in [0.25, 0.3) is 0 Å². The standard InChI is InChI=1S/C17H24N2O/c1-13(15-5-3-2-4-6-15)19-17(20)12-9-14-7-10-16(18)11-8-14/h7-13,15H,2-6,18H2,1H3,(H,19,20)/b12-9+. The van der Waals surface area contributed by atoms with Crippen molar-refractivity contribution in [2.75, 3.05) is 5.73 Å². The van der Waals surface area contributed by atoms with Crippen LogP contribution in [0.2, 0.25) is 0 Å². The molecular weight excluding hydrogens is 248 g/mol. The van der Waals surface area contributed by atoms with E-state index in [1.54, 1.807) is 6.08 Å². The molecule has 1 aromatic carbocycles. The van der Waals surface area contributed by atoms with E-state index in [-0.39, 0.29) is 11.9 Å². The molecule has 1 aliphatic rings. The molecule has 3 nitrogen and oxygen atoms in total. The largest absolute Gasteiger partial charge is 0.399 e. The molecule has 2 rings (SSSR count). The molecule has 1 unspecified atom stereocenters. The second-order valence-electron chi connectivity index (χ2n) is 5.70. The Morgan fingerprint density at radius 2 is 1.90 bits per heavy atom. The lowest BCUT2D eigenvalue weighted by Gasteiger charge is -2.27. The quantitative estimate of drug-likeness (QED) is 0.652. The topological polar surface area (TPSA) is 55.1 Å². The maximum Gasteiger partial charge on any atom is 0.244 e. The highest BCUT2D eigenvalue weighted by Crippen LogP contribution is 2.26.